The monoisotopic (exact) mass is 396 g/mol. The number of rotatable bonds is 8. The van der Waals surface area contributed by atoms with Gasteiger partial charge in [0.15, 0.2) is 0 Å². The van der Waals surface area contributed by atoms with Gasteiger partial charge in [-0.05, 0) is 17.3 Å². The van der Waals surface area contributed by atoms with Crippen LogP contribution in [0.5, 0.6) is 0 Å². The van der Waals surface area contributed by atoms with Crippen molar-refractivity contribution in [2.24, 2.45) is 0 Å². The first-order valence-corrected chi connectivity index (χ1v) is 7.39. The van der Waals surface area contributed by atoms with Crippen LogP contribution in [0.15, 0.2) is 0 Å². The van der Waals surface area contributed by atoms with Crippen molar-refractivity contribution >= 4 is 45.2 Å². The van der Waals surface area contributed by atoms with Crippen LogP contribution in [0.4, 0.5) is 0 Å². The minimum Gasteiger partial charge on any atom is -0.395 e. The van der Waals surface area contributed by atoms with E-state index in [0.29, 0.717) is 10.5 Å². The molecule has 1 unspecified atom stereocenters. The fourth-order valence-electron chi connectivity index (χ4n) is 1.08. The Morgan fingerprint density at radius 2 is 1.58 bits per heavy atom. The molecule has 0 saturated carbocycles. The highest BCUT2D eigenvalue weighted by molar-refractivity contribution is 14.1. The van der Waals surface area contributed by atoms with Crippen LogP contribution in [0.25, 0.3) is 0 Å². The summed E-state index contributed by atoms with van der Waals surface area (Å²) >= 11 is 4.75. The number of alkyl halides is 2. The van der Waals surface area contributed by atoms with Gasteiger partial charge >= 0.3 is 0 Å². The highest BCUT2D eigenvalue weighted by atomic mass is 127. The summed E-state index contributed by atoms with van der Waals surface area (Å²) in [6.07, 6.45) is 7.94. The molecule has 0 aliphatic carbocycles. The molecule has 0 saturated heterocycles. The molecule has 12 heavy (non-hydrogen) atoms. The predicted octanol–water partition coefficient (Wildman–Crippen LogP) is 3.56. The van der Waals surface area contributed by atoms with Gasteiger partial charge in [0, 0.05) is 3.92 Å². The Hall–Kier alpha value is 1.42. The van der Waals surface area contributed by atoms with Gasteiger partial charge in [-0.15, -0.1) is 0 Å². The van der Waals surface area contributed by atoms with Crippen LogP contribution in [0.2, 0.25) is 0 Å². The third kappa shape index (κ3) is 9.51. The minimum absolute atomic E-state index is 0.342. The van der Waals surface area contributed by atoms with Gasteiger partial charge in [-0.3, -0.25) is 0 Å². The van der Waals surface area contributed by atoms with E-state index in [-0.39, 0.29) is 0 Å². The van der Waals surface area contributed by atoms with Crippen molar-refractivity contribution in [3.05, 3.63) is 0 Å². The lowest BCUT2D eigenvalue weighted by atomic mass is 10.1. The van der Waals surface area contributed by atoms with Gasteiger partial charge in [0.2, 0.25) is 0 Å². The van der Waals surface area contributed by atoms with E-state index in [0.717, 1.165) is 0 Å². The zero-order valence-corrected chi connectivity index (χ0v) is 11.8. The van der Waals surface area contributed by atoms with E-state index < -0.39 is 0 Å². The summed E-state index contributed by atoms with van der Waals surface area (Å²) in [5, 5.41) is 8.77. The normalized spacial score (nSPS) is 13.2. The van der Waals surface area contributed by atoms with Gasteiger partial charge in [-0.25, -0.2) is 0 Å². The second kappa shape index (κ2) is 10.5. The Labute approximate surface area is 103 Å². The Bertz CT molecular complexity index is 88.6. The Kier molecular flexibility index (Phi) is 11.7. The third-order valence-electron chi connectivity index (χ3n) is 1.85. The van der Waals surface area contributed by atoms with Gasteiger partial charge in [-0.2, -0.15) is 0 Å². The number of aliphatic hydroxyl groups is 1. The van der Waals surface area contributed by atoms with E-state index in [4.69, 9.17) is 5.11 Å². The lowest BCUT2D eigenvalue weighted by Crippen LogP contribution is -2.02. The minimum atomic E-state index is 0.342. The molecule has 0 aliphatic rings. The SMILES string of the molecule is OCC(I)CCCCCCCI. The Balaban J connectivity index is 2.90. The van der Waals surface area contributed by atoms with Crippen LogP contribution in [0.1, 0.15) is 38.5 Å². The summed E-state index contributed by atoms with van der Waals surface area (Å²) in [5.74, 6) is 0. The van der Waals surface area contributed by atoms with Gasteiger partial charge in [0.1, 0.15) is 0 Å². The summed E-state index contributed by atoms with van der Waals surface area (Å²) < 4.78 is 1.77. The second-order valence-electron chi connectivity index (χ2n) is 3.03. The van der Waals surface area contributed by atoms with Crippen molar-refractivity contribution in [2.75, 3.05) is 11.0 Å². The molecule has 0 spiro atoms. The molecular formula is C9H18I2O. The molecule has 74 valence electrons. The van der Waals surface area contributed by atoms with Crippen molar-refractivity contribution in [3.63, 3.8) is 0 Å². The molecule has 1 nitrogen and oxygen atoms in total. The largest absolute Gasteiger partial charge is 0.395 e. The molecule has 0 bridgehead atoms. The number of hydrogen-bond donors (Lipinski definition) is 1. The zero-order chi connectivity index (χ0) is 9.23. The molecule has 0 aromatic carbocycles. The summed E-state index contributed by atoms with van der Waals surface area (Å²) in [5.41, 5.74) is 0. The molecule has 1 N–H and O–H groups in total. The standard InChI is InChI=1S/C9H18I2O/c10-7-5-3-1-2-4-6-9(11)8-12/h9,12H,1-8H2. The predicted molar refractivity (Wildman–Crippen MR) is 71.5 cm³/mol. The van der Waals surface area contributed by atoms with E-state index in [2.05, 4.69) is 45.2 Å². The van der Waals surface area contributed by atoms with Crippen LogP contribution in [-0.4, -0.2) is 20.1 Å². The maximum absolute atomic E-state index is 8.77. The molecule has 0 aromatic heterocycles. The van der Waals surface area contributed by atoms with E-state index in [9.17, 15) is 0 Å². The summed E-state index contributed by atoms with van der Waals surface area (Å²) in [6.45, 7) is 0.342. The van der Waals surface area contributed by atoms with Gasteiger partial charge in [-0.1, -0.05) is 70.9 Å². The van der Waals surface area contributed by atoms with E-state index >= 15 is 0 Å². The Morgan fingerprint density at radius 3 is 2.17 bits per heavy atom. The molecular weight excluding hydrogens is 378 g/mol. The fourth-order valence-corrected chi connectivity index (χ4v) is 2.06. The third-order valence-corrected chi connectivity index (χ3v) is 3.63. The molecule has 0 heterocycles. The van der Waals surface area contributed by atoms with Crippen molar-refractivity contribution < 1.29 is 5.11 Å². The zero-order valence-electron chi connectivity index (χ0n) is 7.44. The summed E-state index contributed by atoms with van der Waals surface area (Å²) in [7, 11) is 0. The number of halogens is 2. The highest BCUT2D eigenvalue weighted by Crippen LogP contribution is 2.12. The molecule has 0 rings (SSSR count). The molecule has 0 radical (unpaired) electrons. The number of aliphatic hydroxyl groups excluding tert-OH is 1. The average molecular weight is 396 g/mol. The van der Waals surface area contributed by atoms with E-state index in [1.54, 1.807) is 0 Å². The Morgan fingerprint density at radius 1 is 1.00 bits per heavy atom. The lowest BCUT2D eigenvalue weighted by molar-refractivity contribution is 0.293. The second-order valence-corrected chi connectivity index (χ2v) is 5.87. The van der Waals surface area contributed by atoms with E-state index in [1.807, 2.05) is 0 Å². The van der Waals surface area contributed by atoms with Crippen molar-refractivity contribution in [3.8, 4) is 0 Å². The molecule has 0 aromatic rings. The van der Waals surface area contributed by atoms with Crippen molar-refractivity contribution in [1.82, 2.24) is 0 Å². The average Bonchev–Trinajstić information content (AvgIpc) is 2.10. The first-order chi connectivity index (χ1) is 5.81. The topological polar surface area (TPSA) is 20.2 Å². The quantitative estimate of drug-likeness (QED) is 0.378. The number of unbranched alkanes of at least 4 members (excludes halogenated alkanes) is 4. The fraction of sp³-hybridized carbons (Fsp3) is 1.00. The maximum Gasteiger partial charge on any atom is 0.0548 e. The van der Waals surface area contributed by atoms with Gasteiger partial charge < -0.3 is 5.11 Å². The van der Waals surface area contributed by atoms with Crippen LogP contribution in [-0.2, 0) is 0 Å². The smallest absolute Gasteiger partial charge is 0.0548 e. The highest BCUT2D eigenvalue weighted by Gasteiger charge is 2.00. The van der Waals surface area contributed by atoms with Gasteiger partial charge in [0.25, 0.3) is 0 Å². The first-order valence-electron chi connectivity index (χ1n) is 4.62. The molecule has 1 atom stereocenters. The van der Waals surface area contributed by atoms with Crippen LogP contribution < -0.4 is 0 Å². The molecule has 3 heteroatoms. The lowest BCUT2D eigenvalue weighted by Gasteiger charge is -2.04. The van der Waals surface area contributed by atoms with Crippen LogP contribution in [0, 0.1) is 0 Å². The van der Waals surface area contributed by atoms with Crippen LogP contribution in [0.3, 0.4) is 0 Å². The maximum atomic E-state index is 8.77. The number of hydrogen-bond acceptors (Lipinski definition) is 1. The molecule has 0 fully saturated rings. The van der Waals surface area contributed by atoms with Crippen molar-refractivity contribution in [2.45, 2.75) is 42.4 Å². The molecule has 0 aliphatic heterocycles. The summed E-state index contributed by atoms with van der Waals surface area (Å²) in [4.78, 5) is 0. The van der Waals surface area contributed by atoms with Crippen molar-refractivity contribution in [1.29, 1.82) is 0 Å². The first kappa shape index (κ1) is 13.4. The molecule has 0 amide bonds. The van der Waals surface area contributed by atoms with Gasteiger partial charge in [0.05, 0.1) is 6.61 Å². The van der Waals surface area contributed by atoms with E-state index in [1.165, 1.54) is 43.0 Å². The van der Waals surface area contributed by atoms with Crippen LogP contribution >= 0.6 is 45.2 Å². The summed E-state index contributed by atoms with van der Waals surface area (Å²) in [6, 6.07) is 0.